The van der Waals surface area contributed by atoms with Crippen molar-refractivity contribution in [1.29, 1.82) is 0 Å². The molecule has 24 heavy (non-hydrogen) atoms. The highest BCUT2D eigenvalue weighted by Gasteiger charge is 2.28. The molecule has 1 aliphatic heterocycles. The Morgan fingerprint density at radius 1 is 1.38 bits per heavy atom. The second-order valence-electron chi connectivity index (χ2n) is 6.39. The summed E-state index contributed by atoms with van der Waals surface area (Å²) >= 11 is 5.94. The molecule has 2 heterocycles. The van der Waals surface area contributed by atoms with Crippen molar-refractivity contribution in [2.45, 2.75) is 32.9 Å². The summed E-state index contributed by atoms with van der Waals surface area (Å²) in [5.41, 5.74) is 3.52. The van der Waals surface area contributed by atoms with Crippen LogP contribution in [0.2, 0.25) is 5.02 Å². The van der Waals surface area contributed by atoms with E-state index < -0.39 is 0 Å². The van der Waals surface area contributed by atoms with Gasteiger partial charge in [-0.1, -0.05) is 23.7 Å². The zero-order valence-electron chi connectivity index (χ0n) is 14.3. The quantitative estimate of drug-likeness (QED) is 0.925. The van der Waals surface area contributed by atoms with Crippen LogP contribution in [0.5, 0.6) is 0 Å². The number of carbonyl (C=O) groups is 1. The number of benzene rings is 1. The van der Waals surface area contributed by atoms with Crippen molar-refractivity contribution in [3.63, 3.8) is 0 Å². The minimum Gasteiger partial charge on any atom is -0.337 e. The first kappa shape index (κ1) is 17.0. The highest BCUT2D eigenvalue weighted by molar-refractivity contribution is 6.30. The summed E-state index contributed by atoms with van der Waals surface area (Å²) < 4.78 is 1.90. The summed E-state index contributed by atoms with van der Waals surface area (Å²) in [6, 6.07) is 7.97. The third-order valence-electron chi connectivity index (χ3n) is 4.74. The van der Waals surface area contributed by atoms with E-state index in [2.05, 4.69) is 10.4 Å². The molecule has 0 radical (unpaired) electrons. The SMILES string of the molecule is Cc1nn(Cc2ccc(Cl)cc2)c(C)c1C(=O)N(C)[C@@H]1CCNC1. The van der Waals surface area contributed by atoms with Gasteiger partial charge >= 0.3 is 0 Å². The van der Waals surface area contributed by atoms with Crippen molar-refractivity contribution in [2.75, 3.05) is 20.1 Å². The maximum absolute atomic E-state index is 12.9. The van der Waals surface area contributed by atoms with Crippen LogP contribution >= 0.6 is 11.6 Å². The first-order chi connectivity index (χ1) is 11.5. The average molecular weight is 347 g/mol. The first-order valence-corrected chi connectivity index (χ1v) is 8.61. The predicted octanol–water partition coefficient (Wildman–Crippen LogP) is 2.64. The van der Waals surface area contributed by atoms with Gasteiger partial charge in [0.05, 0.1) is 17.8 Å². The summed E-state index contributed by atoms with van der Waals surface area (Å²) in [6.45, 7) is 6.32. The molecular formula is C18H23ClN4O. The Kier molecular flexibility index (Phi) is 4.92. The monoisotopic (exact) mass is 346 g/mol. The highest BCUT2D eigenvalue weighted by Crippen LogP contribution is 2.19. The van der Waals surface area contributed by atoms with Crippen molar-refractivity contribution in [2.24, 2.45) is 0 Å². The zero-order valence-corrected chi connectivity index (χ0v) is 15.1. The molecule has 128 valence electrons. The van der Waals surface area contributed by atoms with E-state index in [4.69, 9.17) is 11.6 Å². The maximum Gasteiger partial charge on any atom is 0.257 e. The van der Waals surface area contributed by atoms with Gasteiger partial charge in [-0.3, -0.25) is 9.48 Å². The molecule has 1 aromatic heterocycles. The van der Waals surface area contributed by atoms with Crippen LogP contribution in [-0.4, -0.2) is 46.8 Å². The Morgan fingerprint density at radius 3 is 2.71 bits per heavy atom. The number of aromatic nitrogens is 2. The van der Waals surface area contributed by atoms with E-state index in [1.54, 1.807) is 0 Å². The number of amides is 1. The Morgan fingerprint density at radius 2 is 2.08 bits per heavy atom. The van der Waals surface area contributed by atoms with Gasteiger partial charge in [0.25, 0.3) is 5.91 Å². The van der Waals surface area contributed by atoms with E-state index in [1.165, 1.54) is 0 Å². The van der Waals surface area contributed by atoms with Crippen LogP contribution in [0.25, 0.3) is 0 Å². The number of nitrogens with one attached hydrogen (secondary N) is 1. The van der Waals surface area contributed by atoms with Crippen LogP contribution in [0.3, 0.4) is 0 Å². The summed E-state index contributed by atoms with van der Waals surface area (Å²) in [4.78, 5) is 14.8. The fraction of sp³-hybridized carbons (Fsp3) is 0.444. The van der Waals surface area contributed by atoms with E-state index in [0.717, 1.165) is 47.0 Å². The first-order valence-electron chi connectivity index (χ1n) is 8.23. The lowest BCUT2D eigenvalue weighted by molar-refractivity contribution is 0.0742. The molecule has 1 amide bonds. The highest BCUT2D eigenvalue weighted by atomic mass is 35.5. The second-order valence-corrected chi connectivity index (χ2v) is 6.83. The molecule has 0 bridgehead atoms. The molecule has 2 aromatic rings. The number of carbonyl (C=O) groups excluding carboxylic acids is 1. The standard InChI is InChI=1S/C18H23ClN4O/c1-12-17(18(24)22(3)16-8-9-20-10-16)13(2)23(21-12)11-14-4-6-15(19)7-5-14/h4-7,16,20H,8-11H2,1-3H3/t16-/m1/s1. The number of likely N-dealkylation sites (N-methyl/N-ethyl adjacent to an activating group) is 1. The summed E-state index contributed by atoms with van der Waals surface area (Å²) in [5.74, 6) is 0.0565. The molecule has 0 spiro atoms. The van der Waals surface area contributed by atoms with E-state index in [1.807, 2.05) is 54.7 Å². The van der Waals surface area contributed by atoms with Crippen LogP contribution < -0.4 is 5.32 Å². The number of hydrogen-bond donors (Lipinski definition) is 1. The van der Waals surface area contributed by atoms with Gasteiger partial charge in [-0.15, -0.1) is 0 Å². The van der Waals surface area contributed by atoms with Crippen LogP contribution in [0, 0.1) is 13.8 Å². The third kappa shape index (κ3) is 3.32. The smallest absolute Gasteiger partial charge is 0.257 e. The molecule has 6 heteroatoms. The Labute approximate surface area is 147 Å². The fourth-order valence-electron chi connectivity index (χ4n) is 3.24. The molecule has 1 fully saturated rings. The number of aryl methyl sites for hydroxylation is 1. The van der Waals surface area contributed by atoms with Gasteiger partial charge in [0.1, 0.15) is 0 Å². The van der Waals surface area contributed by atoms with Gasteiger partial charge in [-0.2, -0.15) is 5.10 Å². The molecule has 1 aromatic carbocycles. The lowest BCUT2D eigenvalue weighted by Gasteiger charge is -2.24. The number of hydrogen-bond acceptors (Lipinski definition) is 3. The Balaban J connectivity index is 1.83. The van der Waals surface area contributed by atoms with Crippen LogP contribution in [0.1, 0.15) is 33.7 Å². The number of halogens is 1. The third-order valence-corrected chi connectivity index (χ3v) is 5.00. The second kappa shape index (κ2) is 6.95. The van der Waals surface area contributed by atoms with Crippen molar-refractivity contribution in [1.82, 2.24) is 20.0 Å². The molecule has 5 nitrogen and oxygen atoms in total. The van der Waals surface area contributed by atoms with Gasteiger partial charge in [0, 0.05) is 30.4 Å². The Bertz CT molecular complexity index is 732. The van der Waals surface area contributed by atoms with Crippen molar-refractivity contribution in [3.05, 3.63) is 51.8 Å². The van der Waals surface area contributed by atoms with E-state index >= 15 is 0 Å². The van der Waals surface area contributed by atoms with E-state index in [9.17, 15) is 4.79 Å². The molecule has 1 N–H and O–H groups in total. The molecular weight excluding hydrogens is 324 g/mol. The minimum absolute atomic E-state index is 0.0565. The van der Waals surface area contributed by atoms with E-state index in [-0.39, 0.29) is 11.9 Å². The van der Waals surface area contributed by atoms with E-state index in [0.29, 0.717) is 6.54 Å². The van der Waals surface area contributed by atoms with Crippen LogP contribution in [-0.2, 0) is 6.54 Å². The van der Waals surface area contributed by atoms with Crippen LogP contribution in [0.15, 0.2) is 24.3 Å². The predicted molar refractivity (Wildman–Crippen MR) is 95.6 cm³/mol. The summed E-state index contributed by atoms with van der Waals surface area (Å²) in [5, 5.41) is 8.60. The fourth-order valence-corrected chi connectivity index (χ4v) is 3.36. The number of nitrogens with zero attached hydrogens (tertiary/aromatic N) is 3. The van der Waals surface area contributed by atoms with Gasteiger partial charge < -0.3 is 10.2 Å². The zero-order chi connectivity index (χ0) is 17.3. The minimum atomic E-state index is 0.0565. The molecule has 1 atom stereocenters. The lowest BCUT2D eigenvalue weighted by atomic mass is 10.1. The van der Waals surface area contributed by atoms with Gasteiger partial charge in [-0.05, 0) is 44.5 Å². The lowest BCUT2D eigenvalue weighted by Crippen LogP contribution is -2.38. The molecule has 3 rings (SSSR count). The van der Waals surface area contributed by atoms with Gasteiger partial charge in [0.15, 0.2) is 0 Å². The number of rotatable bonds is 4. The topological polar surface area (TPSA) is 50.2 Å². The van der Waals surface area contributed by atoms with Crippen molar-refractivity contribution in [3.8, 4) is 0 Å². The van der Waals surface area contributed by atoms with Crippen molar-refractivity contribution >= 4 is 17.5 Å². The normalized spacial score (nSPS) is 17.2. The van der Waals surface area contributed by atoms with Gasteiger partial charge in [0.2, 0.25) is 0 Å². The van der Waals surface area contributed by atoms with Crippen molar-refractivity contribution < 1.29 is 4.79 Å². The summed E-state index contributed by atoms with van der Waals surface area (Å²) in [6.07, 6.45) is 0.999. The summed E-state index contributed by atoms with van der Waals surface area (Å²) in [7, 11) is 1.88. The molecule has 0 unspecified atom stereocenters. The largest absolute Gasteiger partial charge is 0.337 e. The average Bonchev–Trinajstić information content (AvgIpc) is 3.18. The Hall–Kier alpha value is -1.85. The molecule has 0 saturated carbocycles. The van der Waals surface area contributed by atoms with Gasteiger partial charge in [-0.25, -0.2) is 0 Å². The molecule has 0 aliphatic carbocycles. The van der Waals surface area contributed by atoms with Crippen LogP contribution in [0.4, 0.5) is 0 Å². The molecule has 1 aliphatic rings. The maximum atomic E-state index is 12.9. The molecule has 1 saturated heterocycles.